The number of nitro benzene ring substituents is 1. The summed E-state index contributed by atoms with van der Waals surface area (Å²) in [6, 6.07) is 14.1. The molecular weight excluding hydrogens is 280 g/mol. The molecular formula is C17H16N2O3. The Labute approximate surface area is 128 Å². The van der Waals surface area contributed by atoms with Crippen molar-refractivity contribution in [3.05, 3.63) is 75.8 Å². The van der Waals surface area contributed by atoms with Gasteiger partial charge in [0.25, 0.3) is 5.69 Å². The molecule has 0 aromatic heterocycles. The smallest absolute Gasteiger partial charge is 0.269 e. The third-order valence-electron chi connectivity index (χ3n) is 3.02. The summed E-state index contributed by atoms with van der Waals surface area (Å²) in [7, 11) is 1.63. The lowest BCUT2D eigenvalue weighted by atomic mass is 10.2. The van der Waals surface area contributed by atoms with E-state index in [0.29, 0.717) is 6.54 Å². The average molecular weight is 296 g/mol. The topological polar surface area (TPSA) is 64.7 Å². The van der Waals surface area contributed by atoms with Crippen molar-refractivity contribution in [2.24, 2.45) is 4.99 Å². The number of rotatable bonds is 6. The molecule has 0 saturated carbocycles. The molecule has 22 heavy (non-hydrogen) atoms. The van der Waals surface area contributed by atoms with Crippen LogP contribution < -0.4 is 4.74 Å². The van der Waals surface area contributed by atoms with Crippen LogP contribution in [0.2, 0.25) is 0 Å². The highest BCUT2D eigenvalue weighted by atomic mass is 16.6. The van der Waals surface area contributed by atoms with Crippen LogP contribution in [-0.4, -0.2) is 18.2 Å². The highest BCUT2D eigenvalue weighted by Crippen LogP contribution is 2.13. The summed E-state index contributed by atoms with van der Waals surface area (Å²) in [4.78, 5) is 14.4. The Kier molecular flexibility index (Phi) is 5.43. The van der Waals surface area contributed by atoms with Crippen molar-refractivity contribution in [3.63, 3.8) is 0 Å². The minimum atomic E-state index is -0.412. The van der Waals surface area contributed by atoms with Gasteiger partial charge in [0.05, 0.1) is 18.6 Å². The SMILES string of the molecule is COc1ccc(/C=C/C=N/Cc2ccc([N+](=O)[O-])cc2)cc1. The third kappa shape index (κ3) is 4.56. The third-order valence-corrected chi connectivity index (χ3v) is 3.02. The summed E-state index contributed by atoms with van der Waals surface area (Å²) in [5.41, 5.74) is 2.08. The molecule has 0 radical (unpaired) electrons. The van der Waals surface area contributed by atoms with Gasteiger partial charge in [0.2, 0.25) is 0 Å². The van der Waals surface area contributed by atoms with E-state index in [9.17, 15) is 10.1 Å². The molecule has 5 nitrogen and oxygen atoms in total. The van der Waals surface area contributed by atoms with Crippen molar-refractivity contribution >= 4 is 18.0 Å². The van der Waals surface area contributed by atoms with E-state index in [1.54, 1.807) is 25.5 Å². The number of aliphatic imine (C=N–C) groups is 1. The maximum absolute atomic E-state index is 10.5. The molecule has 2 aromatic rings. The van der Waals surface area contributed by atoms with Gasteiger partial charge in [-0.05, 0) is 29.3 Å². The lowest BCUT2D eigenvalue weighted by Gasteiger charge is -1.98. The zero-order valence-corrected chi connectivity index (χ0v) is 12.2. The van der Waals surface area contributed by atoms with Crippen molar-refractivity contribution < 1.29 is 9.66 Å². The first kappa shape index (κ1) is 15.4. The largest absolute Gasteiger partial charge is 0.497 e. The second-order valence-electron chi connectivity index (χ2n) is 4.55. The zero-order chi connectivity index (χ0) is 15.8. The summed E-state index contributed by atoms with van der Waals surface area (Å²) in [5.74, 6) is 0.823. The van der Waals surface area contributed by atoms with Gasteiger partial charge in [-0.25, -0.2) is 0 Å². The number of allylic oxidation sites excluding steroid dienone is 1. The normalized spacial score (nSPS) is 11.1. The summed E-state index contributed by atoms with van der Waals surface area (Å²) in [6.07, 6.45) is 5.51. The first-order valence-electron chi connectivity index (χ1n) is 6.73. The molecule has 112 valence electrons. The van der Waals surface area contributed by atoms with Crippen LogP contribution in [0.5, 0.6) is 5.75 Å². The van der Waals surface area contributed by atoms with Crippen LogP contribution in [0.15, 0.2) is 59.6 Å². The summed E-state index contributed by atoms with van der Waals surface area (Å²) < 4.78 is 5.09. The minimum absolute atomic E-state index is 0.0899. The average Bonchev–Trinajstić information content (AvgIpc) is 2.55. The van der Waals surface area contributed by atoms with E-state index in [-0.39, 0.29) is 5.69 Å². The Balaban J connectivity index is 1.86. The van der Waals surface area contributed by atoms with Gasteiger partial charge in [0.15, 0.2) is 0 Å². The van der Waals surface area contributed by atoms with Crippen LogP contribution in [0, 0.1) is 10.1 Å². The Morgan fingerprint density at radius 3 is 2.41 bits per heavy atom. The molecule has 0 bridgehead atoms. The van der Waals surface area contributed by atoms with Crippen LogP contribution in [0.3, 0.4) is 0 Å². The quantitative estimate of drug-likeness (QED) is 0.461. The fourth-order valence-electron chi connectivity index (χ4n) is 1.81. The number of nitrogens with zero attached hydrogens (tertiary/aromatic N) is 2. The Morgan fingerprint density at radius 2 is 1.82 bits per heavy atom. The van der Waals surface area contributed by atoms with Crippen molar-refractivity contribution in [2.45, 2.75) is 6.54 Å². The van der Waals surface area contributed by atoms with Gasteiger partial charge < -0.3 is 4.74 Å². The van der Waals surface area contributed by atoms with E-state index in [1.165, 1.54) is 12.1 Å². The maximum Gasteiger partial charge on any atom is 0.269 e. The van der Waals surface area contributed by atoms with Crippen LogP contribution in [0.4, 0.5) is 5.69 Å². The Hall–Kier alpha value is -2.95. The number of ether oxygens (including phenoxy) is 1. The van der Waals surface area contributed by atoms with Gasteiger partial charge in [0.1, 0.15) is 5.75 Å². The maximum atomic E-state index is 10.5. The molecule has 0 spiro atoms. The van der Waals surface area contributed by atoms with Crippen molar-refractivity contribution in [1.82, 2.24) is 0 Å². The molecule has 0 N–H and O–H groups in total. The van der Waals surface area contributed by atoms with Crippen molar-refractivity contribution in [3.8, 4) is 5.75 Å². The Bertz CT molecular complexity index is 674. The molecule has 0 amide bonds. The number of hydrogen-bond acceptors (Lipinski definition) is 4. The van der Waals surface area contributed by atoms with Crippen LogP contribution in [0.1, 0.15) is 11.1 Å². The van der Waals surface area contributed by atoms with E-state index in [2.05, 4.69) is 4.99 Å². The number of nitro groups is 1. The summed E-state index contributed by atoms with van der Waals surface area (Å²) in [5, 5.41) is 10.5. The number of benzene rings is 2. The molecule has 2 rings (SSSR count). The van der Waals surface area contributed by atoms with E-state index < -0.39 is 4.92 Å². The minimum Gasteiger partial charge on any atom is -0.497 e. The molecule has 5 heteroatoms. The molecule has 0 atom stereocenters. The van der Waals surface area contributed by atoms with Crippen molar-refractivity contribution in [1.29, 1.82) is 0 Å². The van der Waals surface area contributed by atoms with E-state index in [0.717, 1.165) is 16.9 Å². The number of hydrogen-bond donors (Lipinski definition) is 0. The molecule has 0 aliphatic heterocycles. The fraction of sp³-hybridized carbons (Fsp3) is 0.118. The second kappa shape index (κ2) is 7.73. The van der Waals surface area contributed by atoms with Crippen LogP contribution >= 0.6 is 0 Å². The number of methoxy groups -OCH3 is 1. The monoisotopic (exact) mass is 296 g/mol. The second-order valence-corrected chi connectivity index (χ2v) is 4.55. The van der Waals surface area contributed by atoms with Crippen molar-refractivity contribution in [2.75, 3.05) is 7.11 Å². The first-order valence-corrected chi connectivity index (χ1v) is 6.73. The summed E-state index contributed by atoms with van der Waals surface area (Å²) >= 11 is 0. The van der Waals surface area contributed by atoms with E-state index in [1.807, 2.05) is 36.4 Å². The highest BCUT2D eigenvalue weighted by molar-refractivity contribution is 5.78. The van der Waals surface area contributed by atoms with Gasteiger partial charge in [-0.3, -0.25) is 15.1 Å². The van der Waals surface area contributed by atoms with Gasteiger partial charge in [-0.2, -0.15) is 0 Å². The van der Waals surface area contributed by atoms with Gasteiger partial charge in [-0.15, -0.1) is 0 Å². The van der Waals surface area contributed by atoms with Crippen LogP contribution in [0.25, 0.3) is 6.08 Å². The lowest BCUT2D eigenvalue weighted by molar-refractivity contribution is -0.384. The summed E-state index contributed by atoms with van der Waals surface area (Å²) in [6.45, 7) is 0.491. The standard InChI is InChI=1S/C17H16N2O3/c1-22-17-10-6-14(7-11-17)3-2-12-18-13-15-4-8-16(9-5-15)19(20)21/h2-12H,13H2,1H3/b3-2+,18-12+. The van der Waals surface area contributed by atoms with Gasteiger partial charge in [0, 0.05) is 18.3 Å². The highest BCUT2D eigenvalue weighted by Gasteiger charge is 2.02. The Morgan fingerprint density at radius 1 is 1.14 bits per heavy atom. The first-order chi connectivity index (χ1) is 10.7. The van der Waals surface area contributed by atoms with E-state index >= 15 is 0 Å². The molecule has 2 aromatic carbocycles. The van der Waals surface area contributed by atoms with Crippen LogP contribution in [-0.2, 0) is 6.54 Å². The molecule has 0 unspecified atom stereocenters. The molecule has 0 heterocycles. The molecule has 0 fully saturated rings. The number of non-ortho nitro benzene ring substituents is 1. The molecule has 0 aliphatic rings. The van der Waals surface area contributed by atoms with E-state index in [4.69, 9.17) is 4.74 Å². The lowest BCUT2D eigenvalue weighted by Crippen LogP contribution is -1.88. The molecule has 0 aliphatic carbocycles. The predicted octanol–water partition coefficient (Wildman–Crippen LogP) is 3.89. The zero-order valence-electron chi connectivity index (χ0n) is 12.2. The van der Waals surface area contributed by atoms with Gasteiger partial charge in [-0.1, -0.05) is 30.3 Å². The molecule has 0 saturated heterocycles. The fourth-order valence-corrected chi connectivity index (χ4v) is 1.81. The van der Waals surface area contributed by atoms with Gasteiger partial charge >= 0.3 is 0 Å². The predicted molar refractivity (Wildman–Crippen MR) is 87.3 cm³/mol.